The minimum absolute atomic E-state index is 0.852. The van der Waals surface area contributed by atoms with Crippen molar-refractivity contribution < 1.29 is 0 Å². The Bertz CT molecular complexity index is 731. The van der Waals surface area contributed by atoms with Crippen LogP contribution >= 0.6 is 15.9 Å². The molecule has 0 radical (unpaired) electrons. The lowest BCUT2D eigenvalue weighted by Crippen LogP contribution is -1.89. The van der Waals surface area contributed by atoms with Crippen molar-refractivity contribution in [2.24, 2.45) is 0 Å². The Morgan fingerprint density at radius 1 is 1.11 bits per heavy atom. The molecule has 1 aromatic carbocycles. The lowest BCUT2D eigenvalue weighted by atomic mass is 10.0. The van der Waals surface area contributed by atoms with Gasteiger partial charge in [-0.1, -0.05) is 12.1 Å². The molecule has 90 valence electrons. The molecule has 3 nitrogen and oxygen atoms in total. The number of aromatic amines is 1. The molecule has 3 aromatic rings. The van der Waals surface area contributed by atoms with Gasteiger partial charge in [0.1, 0.15) is 12.0 Å². The largest absolute Gasteiger partial charge is 0.345 e. The van der Waals surface area contributed by atoms with Crippen LogP contribution in [-0.4, -0.2) is 15.0 Å². The number of benzene rings is 1. The predicted molar refractivity (Wildman–Crippen MR) is 76.5 cm³/mol. The first-order valence-electron chi connectivity index (χ1n) is 5.72. The number of rotatable bonds is 1. The van der Waals surface area contributed by atoms with Crippen LogP contribution in [0.1, 0.15) is 11.1 Å². The molecule has 0 spiro atoms. The molecule has 3 rings (SSSR count). The van der Waals surface area contributed by atoms with Crippen molar-refractivity contribution in [3.63, 3.8) is 0 Å². The Morgan fingerprint density at radius 3 is 2.72 bits per heavy atom. The van der Waals surface area contributed by atoms with Gasteiger partial charge in [-0.3, -0.25) is 0 Å². The van der Waals surface area contributed by atoms with Gasteiger partial charge in [0.15, 0.2) is 0 Å². The van der Waals surface area contributed by atoms with E-state index in [0.717, 1.165) is 26.8 Å². The minimum Gasteiger partial charge on any atom is -0.345 e. The van der Waals surface area contributed by atoms with E-state index in [4.69, 9.17) is 0 Å². The second-order valence-corrected chi connectivity index (χ2v) is 5.24. The maximum atomic E-state index is 4.42. The van der Waals surface area contributed by atoms with Crippen molar-refractivity contribution in [2.75, 3.05) is 0 Å². The van der Waals surface area contributed by atoms with E-state index in [1.165, 1.54) is 11.1 Å². The molecule has 1 N–H and O–H groups in total. The average Bonchev–Trinajstić information content (AvgIpc) is 2.75. The van der Waals surface area contributed by atoms with Crippen LogP contribution in [0.15, 0.2) is 35.2 Å². The maximum Gasteiger partial charge on any atom is 0.142 e. The van der Waals surface area contributed by atoms with Crippen LogP contribution in [0.2, 0.25) is 0 Å². The summed E-state index contributed by atoms with van der Waals surface area (Å²) in [7, 11) is 0. The molecule has 0 bridgehead atoms. The van der Waals surface area contributed by atoms with Crippen LogP contribution in [0.25, 0.3) is 22.3 Å². The van der Waals surface area contributed by atoms with Crippen LogP contribution in [0, 0.1) is 13.8 Å². The second-order valence-electron chi connectivity index (χ2n) is 4.38. The van der Waals surface area contributed by atoms with Crippen molar-refractivity contribution in [3.8, 4) is 11.3 Å². The Balaban J connectivity index is 2.30. The summed E-state index contributed by atoms with van der Waals surface area (Å²) in [4.78, 5) is 11.8. The number of nitrogens with one attached hydrogen (secondary N) is 1. The number of halogens is 1. The normalized spacial score (nSPS) is 11.1. The first-order chi connectivity index (χ1) is 8.66. The van der Waals surface area contributed by atoms with Crippen LogP contribution in [0.3, 0.4) is 0 Å². The van der Waals surface area contributed by atoms with Gasteiger partial charge in [0.2, 0.25) is 0 Å². The van der Waals surface area contributed by atoms with Crippen molar-refractivity contribution in [1.29, 1.82) is 0 Å². The summed E-state index contributed by atoms with van der Waals surface area (Å²) >= 11 is 3.54. The van der Waals surface area contributed by atoms with Gasteiger partial charge < -0.3 is 4.98 Å². The van der Waals surface area contributed by atoms with Gasteiger partial charge in [-0.15, -0.1) is 0 Å². The van der Waals surface area contributed by atoms with E-state index in [1.807, 2.05) is 6.20 Å². The van der Waals surface area contributed by atoms with Gasteiger partial charge in [0.05, 0.1) is 11.1 Å². The molecule has 0 amide bonds. The van der Waals surface area contributed by atoms with Crippen molar-refractivity contribution in [2.45, 2.75) is 13.8 Å². The van der Waals surface area contributed by atoms with Crippen molar-refractivity contribution >= 4 is 27.0 Å². The number of nitrogens with zero attached hydrogens (tertiary/aromatic N) is 2. The monoisotopic (exact) mass is 301 g/mol. The van der Waals surface area contributed by atoms with Crippen LogP contribution in [0.5, 0.6) is 0 Å². The first kappa shape index (κ1) is 11.4. The average molecular weight is 302 g/mol. The van der Waals surface area contributed by atoms with E-state index in [0.29, 0.717) is 0 Å². The Labute approximate surface area is 113 Å². The molecule has 4 heteroatoms. The molecular weight excluding hydrogens is 290 g/mol. The van der Waals surface area contributed by atoms with Gasteiger partial charge in [-0.2, -0.15) is 0 Å². The lowest BCUT2D eigenvalue weighted by Gasteiger charge is -2.06. The van der Waals surface area contributed by atoms with E-state index < -0.39 is 0 Å². The van der Waals surface area contributed by atoms with E-state index in [9.17, 15) is 0 Å². The standard InChI is InChI=1S/C14H12BrN3/c1-8-3-4-10(5-9(8)2)13-12-11(15)6-16-14(12)18-7-17-13/h3-7H,1-2H3,(H,16,17,18). The first-order valence-corrected chi connectivity index (χ1v) is 6.51. The number of aromatic nitrogens is 3. The molecule has 2 heterocycles. The lowest BCUT2D eigenvalue weighted by molar-refractivity contribution is 1.20. The smallest absolute Gasteiger partial charge is 0.142 e. The zero-order valence-electron chi connectivity index (χ0n) is 10.2. The van der Waals surface area contributed by atoms with E-state index >= 15 is 0 Å². The van der Waals surface area contributed by atoms with E-state index in [-0.39, 0.29) is 0 Å². The zero-order valence-corrected chi connectivity index (χ0v) is 11.7. The van der Waals surface area contributed by atoms with Gasteiger partial charge in [-0.25, -0.2) is 9.97 Å². The highest BCUT2D eigenvalue weighted by Crippen LogP contribution is 2.31. The fraction of sp³-hybridized carbons (Fsp3) is 0.143. The summed E-state index contributed by atoms with van der Waals surface area (Å²) in [5.74, 6) is 0. The summed E-state index contributed by atoms with van der Waals surface area (Å²) in [5.41, 5.74) is 5.48. The molecule has 0 unspecified atom stereocenters. The van der Waals surface area contributed by atoms with Crippen molar-refractivity contribution in [3.05, 3.63) is 46.3 Å². The molecule has 0 atom stereocenters. The number of aryl methyl sites for hydroxylation is 2. The summed E-state index contributed by atoms with van der Waals surface area (Å²) in [6, 6.07) is 6.39. The quantitative estimate of drug-likeness (QED) is 0.738. The third kappa shape index (κ3) is 1.73. The summed E-state index contributed by atoms with van der Waals surface area (Å²) in [6.07, 6.45) is 3.49. The molecule has 0 aliphatic heterocycles. The third-order valence-corrected chi connectivity index (χ3v) is 3.83. The molecular formula is C14H12BrN3. The Morgan fingerprint density at radius 2 is 1.94 bits per heavy atom. The summed E-state index contributed by atoms with van der Waals surface area (Å²) in [5, 5.41) is 1.03. The molecule has 0 fully saturated rings. The van der Waals surface area contributed by atoms with Crippen LogP contribution in [0.4, 0.5) is 0 Å². The highest BCUT2D eigenvalue weighted by atomic mass is 79.9. The fourth-order valence-corrected chi connectivity index (χ4v) is 2.52. The van der Waals surface area contributed by atoms with Gasteiger partial charge in [-0.05, 0) is 47.0 Å². The molecule has 0 saturated carbocycles. The van der Waals surface area contributed by atoms with Crippen molar-refractivity contribution in [1.82, 2.24) is 15.0 Å². The van der Waals surface area contributed by atoms with Gasteiger partial charge >= 0.3 is 0 Å². The topological polar surface area (TPSA) is 41.6 Å². The Kier molecular flexibility index (Phi) is 2.67. The highest BCUT2D eigenvalue weighted by molar-refractivity contribution is 9.10. The zero-order chi connectivity index (χ0) is 12.7. The minimum atomic E-state index is 0.852. The van der Waals surface area contributed by atoms with E-state index in [2.05, 4.69) is 62.9 Å². The number of hydrogen-bond acceptors (Lipinski definition) is 2. The molecule has 2 aromatic heterocycles. The van der Waals surface area contributed by atoms with Crippen LogP contribution in [-0.2, 0) is 0 Å². The van der Waals surface area contributed by atoms with E-state index in [1.54, 1.807) is 6.33 Å². The maximum absolute atomic E-state index is 4.42. The fourth-order valence-electron chi connectivity index (χ4n) is 2.03. The molecule has 18 heavy (non-hydrogen) atoms. The van der Waals surface area contributed by atoms with Gasteiger partial charge in [0, 0.05) is 16.2 Å². The summed E-state index contributed by atoms with van der Waals surface area (Å²) in [6.45, 7) is 4.23. The number of hydrogen-bond donors (Lipinski definition) is 1. The van der Waals surface area contributed by atoms with Crippen LogP contribution < -0.4 is 0 Å². The SMILES string of the molecule is Cc1ccc(-c2ncnc3[nH]cc(Br)c23)cc1C. The highest BCUT2D eigenvalue weighted by Gasteiger charge is 2.11. The molecule has 0 aliphatic carbocycles. The number of H-pyrrole nitrogens is 1. The second kappa shape index (κ2) is 4.21. The summed E-state index contributed by atoms with van der Waals surface area (Å²) < 4.78 is 0.992. The predicted octanol–water partition coefficient (Wildman–Crippen LogP) is 4.00. The Hall–Kier alpha value is -1.68. The third-order valence-electron chi connectivity index (χ3n) is 3.20. The molecule has 0 saturated heterocycles. The molecule has 0 aliphatic rings. The number of fused-ring (bicyclic) bond motifs is 1. The van der Waals surface area contributed by atoms with Gasteiger partial charge in [0.25, 0.3) is 0 Å².